The van der Waals surface area contributed by atoms with Gasteiger partial charge in [-0.15, -0.1) is 0 Å². The highest BCUT2D eigenvalue weighted by molar-refractivity contribution is 5.96. The van der Waals surface area contributed by atoms with E-state index in [1.165, 1.54) is 24.3 Å². The van der Waals surface area contributed by atoms with Crippen LogP contribution in [0, 0.1) is 0 Å². The highest BCUT2D eigenvalue weighted by atomic mass is 19.4. The molecule has 0 saturated heterocycles. The quantitative estimate of drug-likeness (QED) is 0.785. The maximum Gasteiger partial charge on any atom is 0.417 e. The number of amides is 1. The van der Waals surface area contributed by atoms with E-state index in [0.717, 1.165) is 11.1 Å². The number of rotatable bonds is 6. The molecule has 0 saturated carbocycles. The zero-order valence-corrected chi connectivity index (χ0v) is 13.4. The van der Waals surface area contributed by atoms with Crippen molar-refractivity contribution in [3.8, 4) is 0 Å². The minimum atomic E-state index is -4.61. The normalized spacial score (nSPS) is 12.1. The van der Waals surface area contributed by atoms with Crippen LogP contribution in [-0.2, 0) is 17.8 Å². The first kappa shape index (κ1) is 18.7. The van der Waals surface area contributed by atoms with Gasteiger partial charge in [-0.2, -0.15) is 13.2 Å². The Morgan fingerprint density at radius 1 is 1.00 bits per heavy atom. The molecule has 0 fully saturated rings. The van der Waals surface area contributed by atoms with Crippen LogP contribution in [0.3, 0.4) is 0 Å². The van der Waals surface area contributed by atoms with Gasteiger partial charge in [0.1, 0.15) is 0 Å². The summed E-state index contributed by atoms with van der Waals surface area (Å²) in [6, 6.07) is 14.3. The Morgan fingerprint density at radius 3 is 2.16 bits per heavy atom. The van der Waals surface area contributed by atoms with Crippen LogP contribution < -0.4 is 5.32 Å². The number of aliphatic hydroxyl groups is 1. The predicted molar refractivity (Wildman–Crippen MR) is 89.6 cm³/mol. The molecule has 0 aliphatic rings. The highest BCUT2D eigenvalue weighted by Gasteiger charge is 2.35. The van der Waals surface area contributed by atoms with Crippen LogP contribution in [0.15, 0.2) is 60.7 Å². The molecule has 2 rings (SSSR count). The Kier molecular flexibility index (Phi) is 6.36. The topological polar surface area (TPSA) is 49.3 Å². The van der Waals surface area contributed by atoms with Crippen molar-refractivity contribution in [1.82, 2.24) is 5.32 Å². The molecule has 2 aromatic rings. The fourth-order valence-electron chi connectivity index (χ4n) is 2.27. The monoisotopic (exact) mass is 349 g/mol. The van der Waals surface area contributed by atoms with Gasteiger partial charge in [-0.05, 0) is 23.1 Å². The maximum absolute atomic E-state index is 13.2. The van der Waals surface area contributed by atoms with Gasteiger partial charge in [-0.1, -0.05) is 54.6 Å². The molecule has 0 heterocycles. The number of carbonyl (C=O) groups is 1. The third kappa shape index (κ3) is 5.76. The van der Waals surface area contributed by atoms with Crippen molar-refractivity contribution >= 4 is 11.5 Å². The van der Waals surface area contributed by atoms with Gasteiger partial charge in [0, 0.05) is 12.6 Å². The first-order chi connectivity index (χ1) is 11.9. The van der Waals surface area contributed by atoms with Crippen LogP contribution >= 0.6 is 0 Å². The standard InChI is InChI=1S/C19H18F3NO2/c20-19(21,22)17(16-4-2-1-3-5-16)12-18(25)23-11-10-14-6-8-15(13-24)9-7-14/h1-9,12,24H,10-11,13H2,(H,23,25)/b17-12-. The second kappa shape index (κ2) is 8.48. The second-order valence-corrected chi connectivity index (χ2v) is 5.44. The van der Waals surface area contributed by atoms with E-state index in [1.807, 2.05) is 0 Å². The van der Waals surface area contributed by atoms with Gasteiger partial charge in [-0.25, -0.2) is 0 Å². The highest BCUT2D eigenvalue weighted by Crippen LogP contribution is 2.33. The number of aliphatic hydroxyl groups excluding tert-OH is 1. The van der Waals surface area contributed by atoms with Crippen molar-refractivity contribution in [1.29, 1.82) is 0 Å². The molecule has 1 amide bonds. The number of nitrogens with one attached hydrogen (secondary N) is 1. The van der Waals surface area contributed by atoms with E-state index in [-0.39, 0.29) is 18.7 Å². The number of carbonyl (C=O) groups excluding carboxylic acids is 1. The van der Waals surface area contributed by atoms with Crippen LogP contribution in [0.4, 0.5) is 13.2 Å². The molecule has 3 nitrogen and oxygen atoms in total. The first-order valence-electron chi connectivity index (χ1n) is 7.71. The molecule has 0 spiro atoms. The van der Waals surface area contributed by atoms with E-state index in [2.05, 4.69) is 5.32 Å². The molecule has 0 atom stereocenters. The fourth-order valence-corrected chi connectivity index (χ4v) is 2.27. The molecule has 2 aromatic carbocycles. The Hall–Kier alpha value is -2.60. The Bertz CT molecular complexity index is 723. The van der Waals surface area contributed by atoms with E-state index in [0.29, 0.717) is 12.5 Å². The lowest BCUT2D eigenvalue weighted by Crippen LogP contribution is -2.25. The molecule has 132 valence electrons. The average Bonchev–Trinajstić information content (AvgIpc) is 2.60. The minimum Gasteiger partial charge on any atom is -0.392 e. The maximum atomic E-state index is 13.2. The van der Waals surface area contributed by atoms with Gasteiger partial charge >= 0.3 is 6.18 Å². The summed E-state index contributed by atoms with van der Waals surface area (Å²) in [5.74, 6) is -0.789. The fraction of sp³-hybridized carbons (Fsp3) is 0.211. The van der Waals surface area contributed by atoms with E-state index in [9.17, 15) is 18.0 Å². The molecule has 0 aromatic heterocycles. The molecular formula is C19H18F3NO2. The minimum absolute atomic E-state index is 0.0512. The summed E-state index contributed by atoms with van der Waals surface area (Å²) in [6.07, 6.45) is -3.54. The van der Waals surface area contributed by atoms with Crippen molar-refractivity contribution in [2.45, 2.75) is 19.2 Å². The molecule has 2 N–H and O–H groups in total. The Labute approximate surface area is 143 Å². The van der Waals surface area contributed by atoms with Crippen LogP contribution in [0.5, 0.6) is 0 Å². The van der Waals surface area contributed by atoms with Crippen molar-refractivity contribution in [2.75, 3.05) is 6.54 Å². The van der Waals surface area contributed by atoms with Crippen molar-refractivity contribution in [2.24, 2.45) is 0 Å². The van der Waals surface area contributed by atoms with Gasteiger partial charge in [0.2, 0.25) is 5.91 Å². The lowest BCUT2D eigenvalue weighted by molar-refractivity contribution is -0.116. The third-order valence-corrected chi connectivity index (χ3v) is 3.58. The lowest BCUT2D eigenvalue weighted by atomic mass is 10.1. The molecule has 0 radical (unpaired) electrons. The SMILES string of the molecule is O=C(/C=C(/c1ccccc1)C(F)(F)F)NCCc1ccc(CO)cc1. The third-order valence-electron chi connectivity index (χ3n) is 3.58. The zero-order chi connectivity index (χ0) is 18.3. The predicted octanol–water partition coefficient (Wildman–Crippen LogP) is 3.48. The molecule has 0 bridgehead atoms. The first-order valence-corrected chi connectivity index (χ1v) is 7.71. The van der Waals surface area contributed by atoms with Crippen molar-refractivity contribution in [3.05, 3.63) is 77.4 Å². The largest absolute Gasteiger partial charge is 0.417 e. The summed E-state index contributed by atoms with van der Waals surface area (Å²) >= 11 is 0. The number of halogens is 3. The molecule has 0 aliphatic heterocycles. The summed E-state index contributed by atoms with van der Waals surface area (Å²) in [7, 11) is 0. The number of benzene rings is 2. The van der Waals surface area contributed by atoms with Crippen LogP contribution in [0.2, 0.25) is 0 Å². The summed E-state index contributed by atoms with van der Waals surface area (Å²) in [5, 5.41) is 11.4. The molecule has 0 aliphatic carbocycles. The van der Waals surface area contributed by atoms with E-state index in [1.54, 1.807) is 30.3 Å². The van der Waals surface area contributed by atoms with Crippen LogP contribution in [0.1, 0.15) is 16.7 Å². The molecular weight excluding hydrogens is 331 g/mol. The summed E-state index contributed by atoms with van der Waals surface area (Å²) in [6.45, 7) is 0.162. The molecule has 0 unspecified atom stereocenters. The summed E-state index contributed by atoms with van der Waals surface area (Å²) in [5.41, 5.74) is 0.664. The number of alkyl halides is 3. The Morgan fingerprint density at radius 2 is 1.60 bits per heavy atom. The number of allylic oxidation sites excluding steroid dienone is 1. The second-order valence-electron chi connectivity index (χ2n) is 5.44. The summed E-state index contributed by atoms with van der Waals surface area (Å²) < 4.78 is 39.5. The van der Waals surface area contributed by atoms with E-state index in [4.69, 9.17) is 5.11 Å². The van der Waals surface area contributed by atoms with Gasteiger partial charge in [0.25, 0.3) is 0 Å². The number of hydrogen-bond acceptors (Lipinski definition) is 2. The van der Waals surface area contributed by atoms with Crippen molar-refractivity contribution in [3.63, 3.8) is 0 Å². The van der Waals surface area contributed by atoms with Crippen LogP contribution in [-0.4, -0.2) is 23.7 Å². The van der Waals surface area contributed by atoms with E-state index >= 15 is 0 Å². The van der Waals surface area contributed by atoms with Gasteiger partial charge in [0.05, 0.1) is 12.2 Å². The van der Waals surface area contributed by atoms with E-state index < -0.39 is 17.7 Å². The molecule has 25 heavy (non-hydrogen) atoms. The Balaban J connectivity index is 1.99. The number of hydrogen-bond donors (Lipinski definition) is 2. The molecule has 6 heteroatoms. The summed E-state index contributed by atoms with van der Waals surface area (Å²) in [4.78, 5) is 11.8. The van der Waals surface area contributed by atoms with Gasteiger partial charge < -0.3 is 10.4 Å². The van der Waals surface area contributed by atoms with Crippen molar-refractivity contribution < 1.29 is 23.1 Å². The van der Waals surface area contributed by atoms with Crippen LogP contribution in [0.25, 0.3) is 5.57 Å². The van der Waals surface area contributed by atoms with Gasteiger partial charge in [0.15, 0.2) is 0 Å². The smallest absolute Gasteiger partial charge is 0.392 e. The zero-order valence-electron chi connectivity index (χ0n) is 13.4. The average molecular weight is 349 g/mol. The van der Waals surface area contributed by atoms with Gasteiger partial charge in [-0.3, -0.25) is 4.79 Å². The lowest BCUT2D eigenvalue weighted by Gasteiger charge is -2.12.